The van der Waals surface area contributed by atoms with E-state index in [9.17, 15) is 4.79 Å². The van der Waals surface area contributed by atoms with E-state index in [1.54, 1.807) is 0 Å². The van der Waals surface area contributed by atoms with E-state index < -0.39 is 0 Å². The van der Waals surface area contributed by atoms with E-state index in [0.29, 0.717) is 11.8 Å². The lowest BCUT2D eigenvalue weighted by Gasteiger charge is -2.39. The van der Waals surface area contributed by atoms with E-state index in [-0.39, 0.29) is 12.1 Å². The molecule has 1 fully saturated rings. The second-order valence-electron chi connectivity index (χ2n) is 6.05. The van der Waals surface area contributed by atoms with Crippen molar-refractivity contribution >= 4 is 5.97 Å². The Kier molecular flexibility index (Phi) is 6.09. The molecule has 18 heavy (non-hydrogen) atoms. The molecule has 1 saturated carbocycles. The highest BCUT2D eigenvalue weighted by Gasteiger charge is 2.35. The lowest BCUT2D eigenvalue weighted by molar-refractivity contribution is -0.156. The van der Waals surface area contributed by atoms with Gasteiger partial charge in [-0.2, -0.15) is 0 Å². The summed E-state index contributed by atoms with van der Waals surface area (Å²) >= 11 is 0. The first-order valence-corrected chi connectivity index (χ1v) is 6.86. The molecule has 0 bridgehead atoms. The molecule has 106 valence electrons. The molecule has 1 rings (SSSR count). The summed E-state index contributed by atoms with van der Waals surface area (Å²) in [6.45, 7) is 3.53. The van der Waals surface area contributed by atoms with Crippen LogP contribution in [0.2, 0.25) is 0 Å². The first-order valence-electron chi connectivity index (χ1n) is 6.86. The molecule has 1 aliphatic rings. The third kappa shape index (κ3) is 4.94. The molecule has 0 aromatic rings. The van der Waals surface area contributed by atoms with Crippen LogP contribution >= 0.6 is 0 Å². The van der Waals surface area contributed by atoms with Crippen LogP contribution in [0.15, 0.2) is 0 Å². The quantitative estimate of drug-likeness (QED) is 0.697. The predicted molar refractivity (Wildman–Crippen MR) is 73.5 cm³/mol. The first kappa shape index (κ1) is 15.4. The number of hydrogen-bond donors (Lipinski definition) is 0. The third-order valence-corrected chi connectivity index (χ3v) is 3.58. The minimum absolute atomic E-state index is 0.0843. The van der Waals surface area contributed by atoms with Crippen LogP contribution in [0.5, 0.6) is 0 Å². The Hall–Kier alpha value is -0.610. The van der Waals surface area contributed by atoms with Gasteiger partial charge in [-0.15, -0.1) is 0 Å². The summed E-state index contributed by atoms with van der Waals surface area (Å²) in [6.07, 6.45) is 3.66. The number of carbonyl (C=O) groups excluding carboxylic acids is 1. The van der Waals surface area contributed by atoms with Gasteiger partial charge in [0.2, 0.25) is 0 Å². The van der Waals surface area contributed by atoms with Crippen molar-refractivity contribution in [3.63, 3.8) is 0 Å². The molecule has 0 saturated heterocycles. The summed E-state index contributed by atoms with van der Waals surface area (Å²) < 4.78 is 5.63. The van der Waals surface area contributed by atoms with Gasteiger partial charge in [0.15, 0.2) is 0 Å². The minimum atomic E-state index is -0.144. The van der Waals surface area contributed by atoms with Crippen molar-refractivity contribution in [3.05, 3.63) is 0 Å². The fraction of sp³-hybridized carbons (Fsp3) is 0.929. The molecular weight excluding hydrogens is 228 g/mol. The maximum Gasteiger partial charge on any atom is 0.302 e. The molecule has 0 aromatic heterocycles. The summed E-state index contributed by atoms with van der Waals surface area (Å²) in [5.74, 6) is 0.805. The highest BCUT2D eigenvalue weighted by Crippen LogP contribution is 2.32. The molecule has 1 aliphatic carbocycles. The van der Waals surface area contributed by atoms with E-state index in [1.807, 2.05) is 0 Å². The molecule has 0 heterocycles. The van der Waals surface area contributed by atoms with Crippen molar-refractivity contribution in [1.29, 1.82) is 0 Å². The maximum absolute atomic E-state index is 11.3. The molecular formula is C14H28N2O2. The highest BCUT2D eigenvalue weighted by molar-refractivity contribution is 5.66. The van der Waals surface area contributed by atoms with Crippen LogP contribution in [0, 0.1) is 11.8 Å². The van der Waals surface area contributed by atoms with Crippen LogP contribution in [-0.2, 0) is 9.53 Å². The SMILES string of the molecule is CC(=O)OC1[C@H](CN(C)C)CCC[C@H]1CN(C)C. The summed E-state index contributed by atoms with van der Waals surface area (Å²) in [4.78, 5) is 15.7. The van der Waals surface area contributed by atoms with E-state index in [2.05, 4.69) is 38.0 Å². The van der Waals surface area contributed by atoms with Gasteiger partial charge in [-0.1, -0.05) is 6.42 Å². The molecule has 0 unspecified atom stereocenters. The Morgan fingerprint density at radius 1 is 1.06 bits per heavy atom. The van der Waals surface area contributed by atoms with Crippen molar-refractivity contribution in [2.45, 2.75) is 32.3 Å². The second kappa shape index (κ2) is 7.10. The lowest BCUT2D eigenvalue weighted by atomic mass is 9.78. The van der Waals surface area contributed by atoms with Crippen LogP contribution < -0.4 is 0 Å². The zero-order valence-electron chi connectivity index (χ0n) is 12.5. The Morgan fingerprint density at radius 3 is 1.83 bits per heavy atom. The highest BCUT2D eigenvalue weighted by atomic mass is 16.5. The van der Waals surface area contributed by atoms with Crippen LogP contribution in [-0.4, -0.2) is 63.2 Å². The largest absolute Gasteiger partial charge is 0.462 e. The van der Waals surface area contributed by atoms with E-state index >= 15 is 0 Å². The number of hydrogen-bond acceptors (Lipinski definition) is 4. The van der Waals surface area contributed by atoms with Crippen LogP contribution in [0.25, 0.3) is 0 Å². The van der Waals surface area contributed by atoms with Gasteiger partial charge in [-0.3, -0.25) is 4.79 Å². The van der Waals surface area contributed by atoms with E-state index in [0.717, 1.165) is 13.1 Å². The van der Waals surface area contributed by atoms with Crippen molar-refractivity contribution in [3.8, 4) is 0 Å². The number of rotatable bonds is 5. The molecule has 0 radical (unpaired) electrons. The van der Waals surface area contributed by atoms with Gasteiger partial charge >= 0.3 is 5.97 Å². The average Bonchev–Trinajstić information content (AvgIpc) is 2.20. The van der Waals surface area contributed by atoms with Gasteiger partial charge in [0.25, 0.3) is 0 Å². The lowest BCUT2D eigenvalue weighted by Crippen LogP contribution is -2.45. The van der Waals surface area contributed by atoms with Crippen LogP contribution in [0.3, 0.4) is 0 Å². The Bertz CT molecular complexity index is 249. The normalized spacial score (nSPS) is 25.7. The monoisotopic (exact) mass is 256 g/mol. The smallest absolute Gasteiger partial charge is 0.302 e. The van der Waals surface area contributed by atoms with Gasteiger partial charge in [-0.05, 0) is 41.0 Å². The topological polar surface area (TPSA) is 32.8 Å². The zero-order valence-corrected chi connectivity index (χ0v) is 12.5. The zero-order chi connectivity index (χ0) is 13.7. The second-order valence-corrected chi connectivity index (χ2v) is 6.05. The Balaban J connectivity index is 2.72. The van der Waals surface area contributed by atoms with Gasteiger partial charge in [0.1, 0.15) is 6.10 Å². The van der Waals surface area contributed by atoms with Gasteiger partial charge in [0, 0.05) is 31.8 Å². The van der Waals surface area contributed by atoms with Gasteiger partial charge < -0.3 is 14.5 Å². The molecule has 0 aromatic carbocycles. The molecule has 0 spiro atoms. The Labute approximate surface area is 111 Å². The summed E-state index contributed by atoms with van der Waals surface area (Å²) in [7, 11) is 8.33. The minimum Gasteiger partial charge on any atom is -0.462 e. The van der Waals surface area contributed by atoms with Crippen molar-refractivity contribution < 1.29 is 9.53 Å². The molecule has 0 aliphatic heterocycles. The fourth-order valence-corrected chi connectivity index (χ4v) is 3.07. The summed E-state index contributed by atoms with van der Waals surface area (Å²) in [5.41, 5.74) is 0. The standard InChI is InChI=1S/C14H28N2O2/c1-11(17)18-14-12(9-15(2)3)7-6-8-13(14)10-16(4)5/h12-14H,6-10H2,1-5H3/t12-,13-/m0/s1. The molecule has 4 heteroatoms. The number of carbonyl (C=O) groups is 1. The summed E-state index contributed by atoms with van der Waals surface area (Å²) in [6, 6.07) is 0. The van der Waals surface area contributed by atoms with Crippen LogP contribution in [0.1, 0.15) is 26.2 Å². The predicted octanol–water partition coefficient (Wildman–Crippen LogP) is 1.46. The molecule has 4 nitrogen and oxygen atoms in total. The van der Waals surface area contributed by atoms with Crippen LogP contribution in [0.4, 0.5) is 0 Å². The average molecular weight is 256 g/mol. The maximum atomic E-state index is 11.3. The van der Waals surface area contributed by atoms with Gasteiger partial charge in [-0.25, -0.2) is 0 Å². The van der Waals surface area contributed by atoms with E-state index in [4.69, 9.17) is 4.74 Å². The van der Waals surface area contributed by atoms with Crippen molar-refractivity contribution in [2.24, 2.45) is 11.8 Å². The molecule has 2 atom stereocenters. The number of esters is 1. The third-order valence-electron chi connectivity index (χ3n) is 3.58. The number of nitrogens with zero attached hydrogens (tertiary/aromatic N) is 2. The molecule has 0 amide bonds. The molecule has 0 N–H and O–H groups in total. The number of ether oxygens (including phenoxy) is 1. The summed E-state index contributed by atoms with van der Waals surface area (Å²) in [5, 5.41) is 0. The van der Waals surface area contributed by atoms with E-state index in [1.165, 1.54) is 26.2 Å². The van der Waals surface area contributed by atoms with Crippen molar-refractivity contribution in [2.75, 3.05) is 41.3 Å². The fourth-order valence-electron chi connectivity index (χ4n) is 3.07. The van der Waals surface area contributed by atoms with Gasteiger partial charge in [0.05, 0.1) is 0 Å². The Morgan fingerprint density at radius 2 is 1.50 bits per heavy atom. The first-order chi connectivity index (χ1) is 8.40. The van der Waals surface area contributed by atoms with Crippen molar-refractivity contribution in [1.82, 2.24) is 9.80 Å².